The van der Waals surface area contributed by atoms with E-state index in [1.807, 2.05) is 44.2 Å². The molecule has 0 bridgehead atoms. The average molecular weight is 435 g/mol. The summed E-state index contributed by atoms with van der Waals surface area (Å²) >= 11 is 0. The van der Waals surface area contributed by atoms with Gasteiger partial charge in [0, 0.05) is 26.2 Å². The summed E-state index contributed by atoms with van der Waals surface area (Å²) in [4.78, 5) is 0. The molecule has 1 aliphatic rings. The molecule has 3 rings (SSSR count). The molecular formula is C22H30N2O5S. The Balaban J connectivity index is 1.87. The van der Waals surface area contributed by atoms with Gasteiger partial charge < -0.3 is 14.6 Å². The van der Waals surface area contributed by atoms with Crippen LogP contribution in [0.5, 0.6) is 5.75 Å². The number of methoxy groups -OCH3 is 1. The number of rotatable bonds is 8. The number of aliphatic hydroxyl groups is 1. The molecule has 2 aromatic carbocycles. The smallest absolute Gasteiger partial charge is 0.282 e. The maximum Gasteiger partial charge on any atom is 0.282 e. The fraction of sp³-hybridized carbons (Fsp3) is 0.455. The number of ether oxygens (including phenoxy) is 2. The third-order valence-electron chi connectivity index (χ3n) is 5.10. The zero-order valence-electron chi connectivity index (χ0n) is 17.6. The average Bonchev–Trinajstić information content (AvgIpc) is 2.73. The number of nitrogens with zero attached hydrogens (tertiary/aromatic N) is 2. The lowest BCUT2D eigenvalue weighted by atomic mass is 10.1. The maximum atomic E-state index is 13.5. The Bertz CT molecular complexity index is 912. The topological polar surface area (TPSA) is 79.3 Å². The van der Waals surface area contributed by atoms with E-state index in [1.165, 1.54) is 8.61 Å². The fourth-order valence-electron chi connectivity index (χ4n) is 3.66. The summed E-state index contributed by atoms with van der Waals surface area (Å²) in [6.07, 6.45) is -1.37. The SMILES string of the molecule is COc1cccc([C@@H](O)CN(Cc2ccccc2)S(=O)(=O)N2C[C@@H](C)O[C@@H](C)C2)c1. The highest BCUT2D eigenvalue weighted by Gasteiger charge is 2.36. The molecule has 1 fully saturated rings. The van der Waals surface area contributed by atoms with Gasteiger partial charge in [-0.15, -0.1) is 0 Å². The van der Waals surface area contributed by atoms with E-state index in [0.29, 0.717) is 11.3 Å². The van der Waals surface area contributed by atoms with Crippen molar-refractivity contribution in [2.24, 2.45) is 0 Å². The molecule has 0 radical (unpaired) electrons. The largest absolute Gasteiger partial charge is 0.497 e. The highest BCUT2D eigenvalue weighted by Crippen LogP contribution is 2.25. The number of morpholine rings is 1. The van der Waals surface area contributed by atoms with Gasteiger partial charge in [0.1, 0.15) is 5.75 Å². The Morgan fingerprint density at radius 1 is 1.13 bits per heavy atom. The molecule has 7 nitrogen and oxygen atoms in total. The highest BCUT2D eigenvalue weighted by molar-refractivity contribution is 7.86. The zero-order valence-corrected chi connectivity index (χ0v) is 18.5. The van der Waals surface area contributed by atoms with Crippen LogP contribution in [0.1, 0.15) is 31.1 Å². The van der Waals surface area contributed by atoms with Gasteiger partial charge in [-0.3, -0.25) is 0 Å². The number of hydrogen-bond donors (Lipinski definition) is 1. The molecule has 1 saturated heterocycles. The van der Waals surface area contributed by atoms with Crippen molar-refractivity contribution >= 4 is 10.2 Å². The monoisotopic (exact) mass is 434 g/mol. The van der Waals surface area contributed by atoms with E-state index in [9.17, 15) is 13.5 Å². The molecule has 30 heavy (non-hydrogen) atoms. The molecule has 164 valence electrons. The van der Waals surface area contributed by atoms with Gasteiger partial charge in [-0.25, -0.2) is 0 Å². The molecule has 0 aromatic heterocycles. The summed E-state index contributed by atoms with van der Waals surface area (Å²) in [7, 11) is -2.26. The molecule has 1 N–H and O–H groups in total. The van der Waals surface area contributed by atoms with Crippen molar-refractivity contribution in [3.05, 3.63) is 65.7 Å². The Kier molecular flexibility index (Phi) is 7.49. The Morgan fingerprint density at radius 3 is 2.43 bits per heavy atom. The van der Waals surface area contributed by atoms with Crippen LogP contribution in [0.15, 0.2) is 54.6 Å². The molecule has 0 amide bonds. The second-order valence-corrected chi connectivity index (χ2v) is 9.58. The predicted octanol–water partition coefficient (Wildman–Crippen LogP) is 2.58. The van der Waals surface area contributed by atoms with Gasteiger partial charge in [-0.2, -0.15) is 17.0 Å². The van der Waals surface area contributed by atoms with Crippen molar-refractivity contribution in [3.8, 4) is 5.75 Å². The van der Waals surface area contributed by atoms with E-state index < -0.39 is 16.3 Å². The second kappa shape index (κ2) is 9.89. The summed E-state index contributed by atoms with van der Waals surface area (Å²) in [6.45, 7) is 4.41. The lowest BCUT2D eigenvalue weighted by molar-refractivity contribution is -0.0458. The van der Waals surface area contributed by atoms with E-state index in [1.54, 1.807) is 31.4 Å². The van der Waals surface area contributed by atoms with E-state index in [2.05, 4.69) is 0 Å². The summed E-state index contributed by atoms with van der Waals surface area (Å²) in [5, 5.41) is 10.8. The molecule has 1 heterocycles. The maximum absolute atomic E-state index is 13.5. The first-order chi connectivity index (χ1) is 14.3. The first-order valence-electron chi connectivity index (χ1n) is 10.1. The summed E-state index contributed by atoms with van der Waals surface area (Å²) in [6, 6.07) is 16.4. The minimum atomic E-state index is -3.81. The number of aliphatic hydroxyl groups excluding tert-OH is 1. The van der Waals surface area contributed by atoms with Crippen molar-refractivity contribution in [1.82, 2.24) is 8.61 Å². The van der Waals surface area contributed by atoms with Gasteiger partial charge in [0.25, 0.3) is 10.2 Å². The van der Waals surface area contributed by atoms with Crippen LogP contribution in [0.3, 0.4) is 0 Å². The Hall–Kier alpha value is -1.97. The minimum absolute atomic E-state index is 0.0650. The summed E-state index contributed by atoms with van der Waals surface area (Å²) in [5.74, 6) is 0.611. The van der Waals surface area contributed by atoms with Crippen molar-refractivity contribution in [1.29, 1.82) is 0 Å². The molecule has 0 unspecified atom stereocenters. The van der Waals surface area contributed by atoms with E-state index >= 15 is 0 Å². The van der Waals surface area contributed by atoms with E-state index in [0.717, 1.165) is 5.56 Å². The minimum Gasteiger partial charge on any atom is -0.497 e. The van der Waals surface area contributed by atoms with Gasteiger partial charge in [0.05, 0.1) is 25.4 Å². The molecule has 3 atom stereocenters. The predicted molar refractivity (Wildman–Crippen MR) is 115 cm³/mol. The van der Waals surface area contributed by atoms with E-state index in [-0.39, 0.29) is 38.4 Å². The summed E-state index contributed by atoms with van der Waals surface area (Å²) < 4.78 is 40.8. The van der Waals surface area contributed by atoms with Crippen molar-refractivity contribution < 1.29 is 23.0 Å². The van der Waals surface area contributed by atoms with Crippen molar-refractivity contribution in [2.75, 3.05) is 26.7 Å². The second-order valence-electron chi connectivity index (χ2n) is 7.65. The van der Waals surface area contributed by atoms with Gasteiger partial charge in [-0.1, -0.05) is 42.5 Å². The first-order valence-corrected chi connectivity index (χ1v) is 11.5. The quantitative estimate of drug-likeness (QED) is 0.691. The molecule has 8 heteroatoms. The van der Waals surface area contributed by atoms with Crippen LogP contribution < -0.4 is 4.74 Å². The normalized spacial score (nSPS) is 21.5. The molecule has 0 saturated carbocycles. The van der Waals surface area contributed by atoms with Crippen molar-refractivity contribution in [3.63, 3.8) is 0 Å². The van der Waals surface area contributed by atoms with Gasteiger partial charge >= 0.3 is 0 Å². The van der Waals surface area contributed by atoms with Crippen LogP contribution in [0.2, 0.25) is 0 Å². The van der Waals surface area contributed by atoms with Crippen LogP contribution in [-0.4, -0.2) is 61.1 Å². The van der Waals surface area contributed by atoms with Crippen LogP contribution >= 0.6 is 0 Å². The van der Waals surface area contributed by atoms with Crippen LogP contribution in [-0.2, 0) is 21.5 Å². The van der Waals surface area contributed by atoms with Crippen LogP contribution in [0.25, 0.3) is 0 Å². The molecule has 2 aromatic rings. The van der Waals surface area contributed by atoms with Crippen LogP contribution in [0, 0.1) is 0 Å². The Morgan fingerprint density at radius 2 is 1.80 bits per heavy atom. The zero-order chi connectivity index (χ0) is 21.7. The van der Waals surface area contributed by atoms with E-state index in [4.69, 9.17) is 9.47 Å². The van der Waals surface area contributed by atoms with Gasteiger partial charge in [-0.05, 0) is 37.1 Å². The van der Waals surface area contributed by atoms with Crippen molar-refractivity contribution in [2.45, 2.75) is 38.7 Å². The highest BCUT2D eigenvalue weighted by atomic mass is 32.2. The lowest BCUT2D eigenvalue weighted by Gasteiger charge is -2.38. The third kappa shape index (κ3) is 5.59. The van der Waals surface area contributed by atoms with Gasteiger partial charge in [0.15, 0.2) is 0 Å². The van der Waals surface area contributed by atoms with Gasteiger partial charge in [0.2, 0.25) is 0 Å². The molecule has 0 aliphatic carbocycles. The molecular weight excluding hydrogens is 404 g/mol. The summed E-state index contributed by atoms with van der Waals surface area (Å²) in [5.41, 5.74) is 1.46. The standard InChI is InChI=1S/C22H30N2O5S/c1-17-13-23(14-18(2)29-17)30(26,27)24(15-19-8-5-4-6-9-19)16-22(25)20-10-7-11-21(12-20)28-3/h4-12,17-18,22,25H,13-16H2,1-3H3/t17-,18+,22-/m0/s1. The fourth-order valence-corrected chi connectivity index (χ4v) is 5.42. The molecule has 0 spiro atoms. The first kappa shape index (κ1) is 22.7. The third-order valence-corrected chi connectivity index (χ3v) is 6.98. The lowest BCUT2D eigenvalue weighted by Crippen LogP contribution is -2.53. The Labute approximate surface area is 179 Å². The number of hydrogen-bond acceptors (Lipinski definition) is 5. The molecule has 1 aliphatic heterocycles. The number of benzene rings is 2. The van der Waals surface area contributed by atoms with Crippen LogP contribution in [0.4, 0.5) is 0 Å².